The highest BCUT2D eigenvalue weighted by Crippen LogP contribution is 2.30. The number of benzene rings is 2. The number of rotatable bonds is 5. The quantitative estimate of drug-likeness (QED) is 0.514. The van der Waals surface area contributed by atoms with Gasteiger partial charge in [0, 0.05) is 12.1 Å². The van der Waals surface area contributed by atoms with Crippen LogP contribution < -0.4 is 15.2 Å². The average Bonchev–Trinajstić information content (AvgIpc) is 2.40. The van der Waals surface area contributed by atoms with Crippen LogP contribution in [0.5, 0.6) is 17.2 Å². The van der Waals surface area contributed by atoms with Gasteiger partial charge in [-0.15, -0.1) is 0 Å². The summed E-state index contributed by atoms with van der Waals surface area (Å²) < 4.78 is 11.1. The van der Waals surface area contributed by atoms with Gasteiger partial charge in [0.15, 0.2) is 0 Å². The standard InChI is InChI=1S/C15H16N2O4/c1-10(2)20-11-3-5-12(6-4-11)21-13-7-8-15(17(18)19)14(16)9-13/h3-10H,16H2,1-2H3. The van der Waals surface area contributed by atoms with Crippen LogP contribution in [0.2, 0.25) is 0 Å². The second kappa shape index (κ2) is 6.13. The van der Waals surface area contributed by atoms with Crippen molar-refractivity contribution in [2.24, 2.45) is 0 Å². The Morgan fingerprint density at radius 2 is 1.62 bits per heavy atom. The first kappa shape index (κ1) is 14.6. The Labute approximate surface area is 122 Å². The summed E-state index contributed by atoms with van der Waals surface area (Å²) >= 11 is 0. The molecule has 0 aliphatic rings. The van der Waals surface area contributed by atoms with Crippen LogP contribution in [0.4, 0.5) is 11.4 Å². The van der Waals surface area contributed by atoms with Crippen LogP contribution in [0.1, 0.15) is 13.8 Å². The van der Waals surface area contributed by atoms with Gasteiger partial charge < -0.3 is 15.2 Å². The number of hydrogen-bond donors (Lipinski definition) is 1. The molecule has 0 saturated carbocycles. The average molecular weight is 288 g/mol. The summed E-state index contributed by atoms with van der Waals surface area (Å²) in [6, 6.07) is 11.4. The van der Waals surface area contributed by atoms with E-state index in [0.717, 1.165) is 5.75 Å². The summed E-state index contributed by atoms with van der Waals surface area (Å²) in [5.74, 6) is 1.79. The Kier molecular flexibility index (Phi) is 4.27. The number of anilines is 1. The van der Waals surface area contributed by atoms with E-state index < -0.39 is 4.92 Å². The van der Waals surface area contributed by atoms with Crippen LogP contribution >= 0.6 is 0 Å². The fourth-order valence-electron chi connectivity index (χ4n) is 1.76. The van der Waals surface area contributed by atoms with E-state index in [1.165, 1.54) is 18.2 Å². The number of ether oxygens (including phenoxy) is 2. The molecule has 0 aromatic heterocycles. The molecule has 0 atom stereocenters. The Bertz CT molecular complexity index is 639. The molecule has 0 bridgehead atoms. The van der Waals surface area contributed by atoms with Crippen molar-refractivity contribution in [2.75, 3.05) is 5.73 Å². The second-order valence-corrected chi connectivity index (χ2v) is 4.72. The molecule has 6 heteroatoms. The first-order valence-electron chi connectivity index (χ1n) is 6.44. The van der Waals surface area contributed by atoms with Crippen molar-refractivity contribution in [1.82, 2.24) is 0 Å². The zero-order valence-electron chi connectivity index (χ0n) is 11.8. The smallest absolute Gasteiger partial charge is 0.292 e. The largest absolute Gasteiger partial charge is 0.491 e. The van der Waals surface area contributed by atoms with Gasteiger partial charge in [0.1, 0.15) is 22.9 Å². The zero-order valence-corrected chi connectivity index (χ0v) is 11.8. The number of nitrogens with zero attached hydrogens (tertiary/aromatic N) is 1. The minimum absolute atomic E-state index is 0.0669. The molecule has 0 heterocycles. The molecule has 0 aliphatic heterocycles. The third kappa shape index (κ3) is 3.85. The van der Waals surface area contributed by atoms with Crippen molar-refractivity contribution in [1.29, 1.82) is 0 Å². The molecule has 0 fully saturated rings. The lowest BCUT2D eigenvalue weighted by molar-refractivity contribution is -0.383. The SMILES string of the molecule is CC(C)Oc1ccc(Oc2ccc([N+](=O)[O-])c(N)c2)cc1. The maximum Gasteiger partial charge on any atom is 0.292 e. The van der Waals surface area contributed by atoms with Gasteiger partial charge in [0.25, 0.3) is 5.69 Å². The Hall–Kier alpha value is -2.76. The molecule has 0 amide bonds. The fourth-order valence-corrected chi connectivity index (χ4v) is 1.76. The van der Waals surface area contributed by atoms with Gasteiger partial charge in [0.05, 0.1) is 11.0 Å². The predicted molar refractivity (Wildman–Crippen MR) is 79.8 cm³/mol. The van der Waals surface area contributed by atoms with Crippen molar-refractivity contribution >= 4 is 11.4 Å². The highest BCUT2D eigenvalue weighted by Gasteiger charge is 2.12. The lowest BCUT2D eigenvalue weighted by Crippen LogP contribution is -2.05. The van der Waals surface area contributed by atoms with Gasteiger partial charge in [-0.2, -0.15) is 0 Å². The fraction of sp³-hybridized carbons (Fsp3) is 0.200. The lowest BCUT2D eigenvalue weighted by Gasteiger charge is -2.11. The topological polar surface area (TPSA) is 87.6 Å². The molecular weight excluding hydrogens is 272 g/mol. The van der Waals surface area contributed by atoms with Crippen molar-refractivity contribution in [3.05, 3.63) is 52.6 Å². The van der Waals surface area contributed by atoms with Gasteiger partial charge in [-0.3, -0.25) is 10.1 Å². The van der Waals surface area contributed by atoms with Gasteiger partial charge in [0.2, 0.25) is 0 Å². The summed E-state index contributed by atoms with van der Waals surface area (Å²) in [4.78, 5) is 10.2. The second-order valence-electron chi connectivity index (χ2n) is 4.72. The molecule has 21 heavy (non-hydrogen) atoms. The number of nitrogen functional groups attached to an aromatic ring is 1. The van der Waals surface area contributed by atoms with Crippen LogP contribution in [0.15, 0.2) is 42.5 Å². The highest BCUT2D eigenvalue weighted by molar-refractivity contribution is 5.61. The van der Waals surface area contributed by atoms with E-state index in [9.17, 15) is 10.1 Å². The molecule has 0 radical (unpaired) electrons. The van der Waals surface area contributed by atoms with Crippen LogP contribution in [0.25, 0.3) is 0 Å². The first-order chi connectivity index (χ1) is 9.95. The van der Waals surface area contributed by atoms with E-state index in [-0.39, 0.29) is 17.5 Å². The Morgan fingerprint density at radius 3 is 2.14 bits per heavy atom. The molecule has 2 N–H and O–H groups in total. The molecule has 2 aromatic carbocycles. The summed E-state index contributed by atoms with van der Waals surface area (Å²) in [5, 5.41) is 10.7. The molecule has 2 aromatic rings. The summed E-state index contributed by atoms with van der Waals surface area (Å²) in [5.41, 5.74) is 5.54. The maximum absolute atomic E-state index is 10.7. The van der Waals surface area contributed by atoms with Crippen molar-refractivity contribution in [2.45, 2.75) is 20.0 Å². The van der Waals surface area contributed by atoms with Gasteiger partial charge in [-0.25, -0.2) is 0 Å². The molecule has 0 unspecified atom stereocenters. The van der Waals surface area contributed by atoms with Crippen molar-refractivity contribution < 1.29 is 14.4 Å². The molecule has 0 spiro atoms. The van der Waals surface area contributed by atoms with E-state index in [2.05, 4.69) is 0 Å². The summed E-state index contributed by atoms with van der Waals surface area (Å²) in [6.45, 7) is 3.90. The van der Waals surface area contributed by atoms with Crippen molar-refractivity contribution in [3.63, 3.8) is 0 Å². The normalized spacial score (nSPS) is 10.4. The maximum atomic E-state index is 10.7. The number of nitro groups is 1. The van der Waals surface area contributed by atoms with E-state index in [1.54, 1.807) is 24.3 Å². The number of nitro benzene ring substituents is 1. The van der Waals surface area contributed by atoms with Gasteiger partial charge in [-0.05, 0) is 44.2 Å². The minimum atomic E-state index is -0.531. The third-order valence-corrected chi connectivity index (χ3v) is 2.63. The summed E-state index contributed by atoms with van der Waals surface area (Å²) in [7, 11) is 0. The molecule has 110 valence electrons. The molecular formula is C15H16N2O4. The molecule has 0 saturated heterocycles. The van der Waals surface area contributed by atoms with E-state index in [4.69, 9.17) is 15.2 Å². The van der Waals surface area contributed by atoms with Crippen LogP contribution in [0.3, 0.4) is 0 Å². The Balaban J connectivity index is 2.11. The van der Waals surface area contributed by atoms with E-state index in [0.29, 0.717) is 11.5 Å². The van der Waals surface area contributed by atoms with Crippen LogP contribution in [-0.2, 0) is 0 Å². The van der Waals surface area contributed by atoms with Gasteiger partial charge in [-0.1, -0.05) is 0 Å². The predicted octanol–water partition coefficient (Wildman–Crippen LogP) is 3.76. The van der Waals surface area contributed by atoms with E-state index in [1.807, 2.05) is 13.8 Å². The number of nitrogens with two attached hydrogens (primary N) is 1. The van der Waals surface area contributed by atoms with Gasteiger partial charge >= 0.3 is 0 Å². The Morgan fingerprint density at radius 1 is 1.05 bits per heavy atom. The summed E-state index contributed by atoms with van der Waals surface area (Å²) in [6.07, 6.45) is 0.103. The lowest BCUT2D eigenvalue weighted by atomic mass is 10.2. The number of hydrogen-bond acceptors (Lipinski definition) is 5. The van der Waals surface area contributed by atoms with Crippen LogP contribution in [-0.4, -0.2) is 11.0 Å². The monoisotopic (exact) mass is 288 g/mol. The first-order valence-corrected chi connectivity index (χ1v) is 6.44. The highest BCUT2D eigenvalue weighted by atomic mass is 16.6. The van der Waals surface area contributed by atoms with Crippen LogP contribution in [0, 0.1) is 10.1 Å². The third-order valence-electron chi connectivity index (χ3n) is 2.63. The van der Waals surface area contributed by atoms with E-state index >= 15 is 0 Å². The zero-order chi connectivity index (χ0) is 15.4. The molecule has 0 aliphatic carbocycles. The minimum Gasteiger partial charge on any atom is -0.491 e. The van der Waals surface area contributed by atoms with Crippen molar-refractivity contribution in [3.8, 4) is 17.2 Å². The molecule has 2 rings (SSSR count). The molecule has 6 nitrogen and oxygen atoms in total.